The third-order valence-electron chi connectivity index (χ3n) is 2.21. The maximum absolute atomic E-state index is 11.4. The molecule has 6 heteroatoms. The molecule has 5 nitrogen and oxygen atoms in total. The van der Waals surface area contributed by atoms with Gasteiger partial charge in [-0.15, -0.1) is 0 Å². The Morgan fingerprint density at radius 1 is 1.71 bits per heavy atom. The van der Waals surface area contributed by atoms with Gasteiger partial charge in [0, 0.05) is 22.8 Å². The van der Waals surface area contributed by atoms with E-state index < -0.39 is 0 Å². The van der Waals surface area contributed by atoms with Crippen molar-refractivity contribution < 1.29 is 9.53 Å². The fourth-order valence-electron chi connectivity index (χ4n) is 1.25. The van der Waals surface area contributed by atoms with E-state index in [0.29, 0.717) is 19.0 Å². The molecule has 94 valence electrons. The zero-order chi connectivity index (χ0) is 12.8. The van der Waals surface area contributed by atoms with Crippen LogP contribution in [0, 0.1) is 0 Å². The van der Waals surface area contributed by atoms with Crippen molar-refractivity contribution in [2.75, 3.05) is 12.3 Å². The average Bonchev–Trinajstić information content (AvgIpc) is 2.30. The summed E-state index contributed by atoms with van der Waals surface area (Å²) in [5.41, 5.74) is 6.57. The minimum atomic E-state index is -0.367. The summed E-state index contributed by atoms with van der Waals surface area (Å²) in [7, 11) is 0. The Labute approximate surface area is 109 Å². The molecule has 0 amide bonds. The first kappa shape index (κ1) is 13.9. The summed E-state index contributed by atoms with van der Waals surface area (Å²) < 4.78 is 5.74. The van der Waals surface area contributed by atoms with Crippen molar-refractivity contribution in [3.63, 3.8) is 0 Å². The van der Waals surface area contributed by atoms with Crippen LogP contribution < -0.4 is 11.1 Å². The van der Waals surface area contributed by atoms with Gasteiger partial charge in [0.25, 0.3) is 0 Å². The molecule has 0 saturated carbocycles. The Hall–Kier alpha value is -1.14. The van der Waals surface area contributed by atoms with E-state index in [1.165, 1.54) is 0 Å². The van der Waals surface area contributed by atoms with Crippen LogP contribution in [0.4, 0.5) is 5.82 Å². The van der Waals surface area contributed by atoms with E-state index in [-0.39, 0.29) is 12.0 Å². The van der Waals surface area contributed by atoms with Crippen LogP contribution in [0.1, 0.15) is 19.4 Å². The molecule has 0 aliphatic carbocycles. The lowest BCUT2D eigenvalue weighted by Gasteiger charge is -2.13. The van der Waals surface area contributed by atoms with Crippen molar-refractivity contribution in [2.45, 2.75) is 26.4 Å². The van der Waals surface area contributed by atoms with E-state index in [9.17, 15) is 4.79 Å². The summed E-state index contributed by atoms with van der Waals surface area (Å²) in [6, 6.07) is 1.50. The molecule has 0 aliphatic rings. The summed E-state index contributed by atoms with van der Waals surface area (Å²) in [5, 5.41) is 3.04. The van der Waals surface area contributed by atoms with Crippen LogP contribution >= 0.6 is 15.9 Å². The van der Waals surface area contributed by atoms with Crippen molar-refractivity contribution >= 4 is 27.7 Å². The van der Waals surface area contributed by atoms with Gasteiger partial charge in [-0.3, -0.25) is 4.79 Å². The van der Waals surface area contributed by atoms with E-state index in [1.54, 1.807) is 20.0 Å². The molecule has 0 aromatic carbocycles. The SMILES string of the molecule is CCOC(=O)[C@H](C)NCc1cc(Br)cnc1N. The molecule has 1 heterocycles. The molecule has 0 saturated heterocycles. The van der Waals surface area contributed by atoms with E-state index in [4.69, 9.17) is 10.5 Å². The zero-order valence-corrected chi connectivity index (χ0v) is 11.5. The van der Waals surface area contributed by atoms with Crippen LogP contribution in [0.15, 0.2) is 16.7 Å². The number of pyridine rings is 1. The highest BCUT2D eigenvalue weighted by molar-refractivity contribution is 9.10. The van der Waals surface area contributed by atoms with Crippen molar-refractivity contribution in [3.8, 4) is 0 Å². The number of nitrogens with two attached hydrogens (primary N) is 1. The number of esters is 1. The molecule has 1 aromatic rings. The van der Waals surface area contributed by atoms with Gasteiger partial charge in [0.15, 0.2) is 0 Å². The van der Waals surface area contributed by atoms with Crippen LogP contribution in [0.5, 0.6) is 0 Å². The molecule has 17 heavy (non-hydrogen) atoms. The first-order valence-corrected chi connectivity index (χ1v) is 6.13. The molecule has 1 aromatic heterocycles. The van der Waals surface area contributed by atoms with Crippen LogP contribution in [0.2, 0.25) is 0 Å². The number of halogens is 1. The van der Waals surface area contributed by atoms with Gasteiger partial charge in [-0.1, -0.05) is 0 Å². The highest BCUT2D eigenvalue weighted by Crippen LogP contribution is 2.15. The van der Waals surface area contributed by atoms with Gasteiger partial charge < -0.3 is 15.8 Å². The van der Waals surface area contributed by atoms with Gasteiger partial charge in [0.2, 0.25) is 0 Å². The standard InChI is InChI=1S/C11H16BrN3O2/c1-3-17-11(16)7(2)14-5-8-4-9(12)6-15-10(8)13/h4,6-7,14H,3,5H2,1-2H3,(H2,13,15)/t7-/m0/s1. The molecule has 0 aliphatic heterocycles. The Balaban J connectivity index is 2.55. The first-order chi connectivity index (χ1) is 8.04. The molecular weight excluding hydrogens is 286 g/mol. The van der Waals surface area contributed by atoms with Crippen molar-refractivity contribution in [1.29, 1.82) is 0 Å². The fourth-order valence-corrected chi connectivity index (χ4v) is 1.63. The highest BCUT2D eigenvalue weighted by Gasteiger charge is 2.13. The molecule has 0 fully saturated rings. The normalized spacial score (nSPS) is 12.2. The molecule has 1 atom stereocenters. The predicted molar refractivity (Wildman–Crippen MR) is 69.3 cm³/mol. The number of anilines is 1. The summed E-state index contributed by atoms with van der Waals surface area (Å²) in [5.74, 6) is 0.186. The van der Waals surface area contributed by atoms with Crippen LogP contribution in [-0.2, 0) is 16.1 Å². The van der Waals surface area contributed by atoms with Gasteiger partial charge in [-0.2, -0.15) is 0 Å². The molecule has 0 unspecified atom stereocenters. The number of hydrogen-bond acceptors (Lipinski definition) is 5. The van der Waals surface area contributed by atoms with Crippen LogP contribution in [-0.4, -0.2) is 23.6 Å². The molecule has 0 spiro atoms. The lowest BCUT2D eigenvalue weighted by Crippen LogP contribution is -2.35. The maximum atomic E-state index is 11.4. The number of carbonyl (C=O) groups excluding carboxylic acids is 1. The van der Waals surface area contributed by atoms with Gasteiger partial charge in [0.05, 0.1) is 6.61 Å². The number of rotatable bonds is 5. The van der Waals surface area contributed by atoms with E-state index in [2.05, 4.69) is 26.2 Å². The minimum Gasteiger partial charge on any atom is -0.465 e. The molecule has 1 rings (SSSR count). The third kappa shape index (κ3) is 4.32. The van der Waals surface area contributed by atoms with Crippen molar-refractivity contribution in [1.82, 2.24) is 10.3 Å². The Bertz CT molecular complexity index is 398. The van der Waals surface area contributed by atoms with Gasteiger partial charge in [-0.05, 0) is 35.8 Å². The first-order valence-electron chi connectivity index (χ1n) is 5.34. The van der Waals surface area contributed by atoms with Crippen LogP contribution in [0.25, 0.3) is 0 Å². The second-order valence-corrected chi connectivity index (χ2v) is 4.47. The Morgan fingerprint density at radius 2 is 2.41 bits per heavy atom. The average molecular weight is 302 g/mol. The number of ether oxygens (including phenoxy) is 1. The van der Waals surface area contributed by atoms with E-state index >= 15 is 0 Å². The van der Waals surface area contributed by atoms with Gasteiger partial charge >= 0.3 is 5.97 Å². The zero-order valence-electron chi connectivity index (χ0n) is 9.87. The number of nitrogens with one attached hydrogen (secondary N) is 1. The molecular formula is C11H16BrN3O2. The summed E-state index contributed by atoms with van der Waals surface area (Å²) in [6.07, 6.45) is 1.63. The highest BCUT2D eigenvalue weighted by atomic mass is 79.9. The fraction of sp³-hybridized carbons (Fsp3) is 0.455. The third-order valence-corrected chi connectivity index (χ3v) is 2.64. The summed E-state index contributed by atoms with van der Waals surface area (Å²) >= 11 is 3.32. The minimum absolute atomic E-state index is 0.269. The predicted octanol–water partition coefficient (Wildman–Crippen LogP) is 1.47. The molecule has 0 bridgehead atoms. The number of aromatic nitrogens is 1. The summed E-state index contributed by atoms with van der Waals surface area (Å²) in [6.45, 7) is 4.38. The topological polar surface area (TPSA) is 77.2 Å². The van der Waals surface area contributed by atoms with Crippen molar-refractivity contribution in [2.24, 2.45) is 0 Å². The Kier molecular flexibility index (Phi) is 5.37. The number of hydrogen-bond donors (Lipinski definition) is 2. The number of nitrogen functional groups attached to an aromatic ring is 1. The maximum Gasteiger partial charge on any atom is 0.322 e. The lowest BCUT2D eigenvalue weighted by atomic mass is 10.2. The summed E-state index contributed by atoms with van der Waals surface area (Å²) in [4.78, 5) is 15.4. The quantitative estimate of drug-likeness (QED) is 0.805. The van der Waals surface area contributed by atoms with E-state index in [0.717, 1.165) is 10.0 Å². The Morgan fingerprint density at radius 3 is 3.06 bits per heavy atom. The smallest absolute Gasteiger partial charge is 0.322 e. The second kappa shape index (κ2) is 6.56. The number of nitrogens with zero attached hydrogens (tertiary/aromatic N) is 1. The monoisotopic (exact) mass is 301 g/mol. The van der Waals surface area contributed by atoms with Gasteiger partial charge in [0.1, 0.15) is 11.9 Å². The lowest BCUT2D eigenvalue weighted by molar-refractivity contribution is -0.145. The van der Waals surface area contributed by atoms with Crippen LogP contribution in [0.3, 0.4) is 0 Å². The molecule has 3 N–H and O–H groups in total. The molecule has 0 radical (unpaired) electrons. The van der Waals surface area contributed by atoms with E-state index in [1.807, 2.05) is 6.07 Å². The number of carbonyl (C=O) groups is 1. The van der Waals surface area contributed by atoms with Crippen molar-refractivity contribution in [3.05, 3.63) is 22.3 Å². The van der Waals surface area contributed by atoms with Gasteiger partial charge in [-0.25, -0.2) is 4.98 Å². The second-order valence-electron chi connectivity index (χ2n) is 3.55. The largest absolute Gasteiger partial charge is 0.465 e.